The van der Waals surface area contributed by atoms with E-state index in [1.165, 1.54) is 4.90 Å². The Balaban J connectivity index is 1.69. The van der Waals surface area contributed by atoms with Crippen molar-refractivity contribution in [1.29, 1.82) is 0 Å². The lowest BCUT2D eigenvalue weighted by molar-refractivity contribution is -0.144. The topological polar surface area (TPSA) is 149 Å². The van der Waals surface area contributed by atoms with Crippen molar-refractivity contribution in [2.45, 2.75) is 84.5 Å². The normalized spacial score (nSPS) is 18.9. The number of carboxylic acids is 1. The van der Waals surface area contributed by atoms with Gasteiger partial charge < -0.3 is 25.7 Å². The highest BCUT2D eigenvalue weighted by Crippen LogP contribution is 2.29. The molecule has 2 heterocycles. The molecule has 1 unspecified atom stereocenters. The lowest BCUT2D eigenvalue weighted by atomic mass is 9.85. The molecule has 4 atom stereocenters. The smallest absolute Gasteiger partial charge is 0.303 e. The summed E-state index contributed by atoms with van der Waals surface area (Å²) in [7, 11) is 0. The molecule has 0 aliphatic carbocycles. The van der Waals surface area contributed by atoms with Crippen LogP contribution in [0.25, 0.3) is 10.4 Å². The third kappa shape index (κ3) is 7.86. The van der Waals surface area contributed by atoms with Crippen molar-refractivity contribution >= 4 is 35.0 Å². The SMILES string of the molecule is Cc1ncsc1-c1ccc([C@H](C)NC(=O)[C@@H]2C[C@@H](O)CN2C(=O)C(NC(=O)CCCC(=O)O)C(C)(C)C)cc1. The summed E-state index contributed by atoms with van der Waals surface area (Å²) in [5.74, 6) is -2.26. The van der Waals surface area contributed by atoms with E-state index in [1.807, 2.05) is 38.1 Å². The van der Waals surface area contributed by atoms with Gasteiger partial charge in [-0.15, -0.1) is 11.3 Å². The lowest BCUT2D eigenvalue weighted by Crippen LogP contribution is -2.57. The highest BCUT2D eigenvalue weighted by Gasteiger charge is 2.44. The number of aliphatic carboxylic acids is 1. The second-order valence-corrected chi connectivity index (χ2v) is 12.0. The van der Waals surface area contributed by atoms with Crippen LogP contribution in [0.2, 0.25) is 0 Å². The van der Waals surface area contributed by atoms with Crippen LogP contribution in [0.5, 0.6) is 0 Å². The van der Waals surface area contributed by atoms with Crippen LogP contribution in [0.3, 0.4) is 0 Å². The Morgan fingerprint density at radius 1 is 1.13 bits per heavy atom. The summed E-state index contributed by atoms with van der Waals surface area (Å²) < 4.78 is 0. The van der Waals surface area contributed by atoms with E-state index in [1.54, 1.807) is 37.6 Å². The minimum absolute atomic E-state index is 0.0182. The van der Waals surface area contributed by atoms with Crippen molar-refractivity contribution in [2.24, 2.45) is 5.41 Å². The molecule has 0 bridgehead atoms. The molecule has 0 radical (unpaired) electrons. The third-order valence-electron chi connectivity index (χ3n) is 6.85. The van der Waals surface area contributed by atoms with Crippen molar-refractivity contribution in [3.8, 4) is 10.4 Å². The Kier molecular flexibility index (Phi) is 9.84. The molecule has 1 aliphatic heterocycles. The number of nitrogens with one attached hydrogen (secondary N) is 2. The number of aryl methyl sites for hydroxylation is 1. The maximum atomic E-state index is 13.6. The Bertz CT molecular complexity index is 1190. The number of β-amino-alcohol motifs (C(OH)–C–C–N with tert-alkyl or cyclic N) is 1. The summed E-state index contributed by atoms with van der Waals surface area (Å²) in [4.78, 5) is 56.9. The molecule has 212 valence electrons. The molecule has 3 rings (SSSR count). The van der Waals surface area contributed by atoms with Crippen molar-refractivity contribution in [3.05, 3.63) is 41.0 Å². The number of hydrogen-bond acceptors (Lipinski definition) is 7. The molecule has 3 amide bonds. The van der Waals surface area contributed by atoms with Crippen LogP contribution >= 0.6 is 11.3 Å². The number of aliphatic hydroxyl groups is 1. The van der Waals surface area contributed by atoms with E-state index >= 15 is 0 Å². The predicted molar refractivity (Wildman–Crippen MR) is 148 cm³/mol. The molecule has 1 aromatic carbocycles. The van der Waals surface area contributed by atoms with Gasteiger partial charge in [0.2, 0.25) is 17.7 Å². The van der Waals surface area contributed by atoms with Crippen LogP contribution in [0, 0.1) is 12.3 Å². The third-order valence-corrected chi connectivity index (χ3v) is 7.83. The number of aromatic nitrogens is 1. The number of benzene rings is 1. The standard InChI is InChI=1S/C28H38N4O6S/c1-16(18-9-11-19(12-10-18)24-17(2)29-15-39-24)30-26(37)21-13-20(33)14-32(21)27(38)25(28(3,4)5)31-22(34)7-6-8-23(35)36/h9-12,15-16,20-21,25,33H,6-8,13-14H2,1-5H3,(H,30,37)(H,31,34)(H,35,36)/t16-,20+,21-,25?/m0/s1. The number of hydrogen-bond donors (Lipinski definition) is 4. The number of carbonyl (C=O) groups is 4. The molecule has 11 heteroatoms. The number of likely N-dealkylation sites (tertiary alicyclic amines) is 1. The van der Waals surface area contributed by atoms with E-state index in [-0.39, 0.29) is 44.2 Å². The first kappa shape index (κ1) is 30.2. The number of carboxylic acid groups (broad SMARTS) is 1. The van der Waals surface area contributed by atoms with Gasteiger partial charge in [-0.3, -0.25) is 19.2 Å². The van der Waals surface area contributed by atoms with Gasteiger partial charge in [-0.25, -0.2) is 4.98 Å². The Hall–Kier alpha value is -3.31. The van der Waals surface area contributed by atoms with Crippen molar-refractivity contribution in [1.82, 2.24) is 20.5 Å². The Labute approximate surface area is 232 Å². The number of amides is 3. The van der Waals surface area contributed by atoms with Gasteiger partial charge in [-0.2, -0.15) is 0 Å². The van der Waals surface area contributed by atoms with Crippen molar-refractivity contribution in [2.75, 3.05) is 6.54 Å². The summed E-state index contributed by atoms with van der Waals surface area (Å²) in [6, 6.07) is 5.69. The van der Waals surface area contributed by atoms with E-state index in [9.17, 15) is 24.3 Å². The number of thiazole rings is 1. The molecule has 1 fully saturated rings. The molecule has 4 N–H and O–H groups in total. The number of nitrogens with zero attached hydrogens (tertiary/aromatic N) is 2. The average molecular weight is 559 g/mol. The maximum Gasteiger partial charge on any atom is 0.303 e. The van der Waals surface area contributed by atoms with Crippen molar-refractivity contribution in [3.63, 3.8) is 0 Å². The Morgan fingerprint density at radius 2 is 1.79 bits per heavy atom. The van der Waals surface area contributed by atoms with E-state index < -0.39 is 41.4 Å². The maximum absolute atomic E-state index is 13.6. The van der Waals surface area contributed by atoms with Gasteiger partial charge in [0.1, 0.15) is 12.1 Å². The van der Waals surface area contributed by atoms with E-state index in [4.69, 9.17) is 5.11 Å². The minimum Gasteiger partial charge on any atom is -0.481 e. The van der Waals surface area contributed by atoms with Crippen LogP contribution in [-0.4, -0.2) is 68.5 Å². The van der Waals surface area contributed by atoms with Crippen LogP contribution in [0.4, 0.5) is 0 Å². The fraction of sp³-hybridized carbons (Fsp3) is 0.536. The molecule has 0 saturated carbocycles. The predicted octanol–water partition coefficient (Wildman–Crippen LogP) is 3.04. The zero-order valence-corrected chi connectivity index (χ0v) is 23.9. The van der Waals surface area contributed by atoms with Gasteiger partial charge in [0.15, 0.2) is 0 Å². The van der Waals surface area contributed by atoms with Crippen LogP contribution < -0.4 is 10.6 Å². The molecule has 0 spiro atoms. The highest BCUT2D eigenvalue weighted by molar-refractivity contribution is 7.13. The van der Waals surface area contributed by atoms with Crippen LogP contribution in [-0.2, 0) is 19.2 Å². The van der Waals surface area contributed by atoms with Crippen LogP contribution in [0.15, 0.2) is 29.8 Å². The van der Waals surface area contributed by atoms with Gasteiger partial charge in [-0.1, -0.05) is 45.0 Å². The number of aliphatic hydroxyl groups excluding tert-OH is 1. The summed E-state index contributed by atoms with van der Waals surface area (Å²) >= 11 is 1.57. The summed E-state index contributed by atoms with van der Waals surface area (Å²) in [5.41, 5.74) is 4.03. The highest BCUT2D eigenvalue weighted by atomic mass is 32.1. The number of rotatable bonds is 10. The molecule has 1 aromatic heterocycles. The second kappa shape index (κ2) is 12.7. The number of carbonyl (C=O) groups excluding carboxylic acids is 3. The molecular weight excluding hydrogens is 520 g/mol. The molecule has 2 aromatic rings. The molecule has 39 heavy (non-hydrogen) atoms. The van der Waals surface area contributed by atoms with E-state index in [0.29, 0.717) is 0 Å². The van der Waals surface area contributed by atoms with Gasteiger partial charge in [0, 0.05) is 25.8 Å². The van der Waals surface area contributed by atoms with Crippen molar-refractivity contribution < 1.29 is 29.4 Å². The van der Waals surface area contributed by atoms with Crippen LogP contribution in [0.1, 0.15) is 70.7 Å². The monoisotopic (exact) mass is 558 g/mol. The largest absolute Gasteiger partial charge is 0.481 e. The second-order valence-electron chi connectivity index (χ2n) is 11.1. The summed E-state index contributed by atoms with van der Waals surface area (Å²) in [6.07, 6.45) is -0.792. The van der Waals surface area contributed by atoms with Gasteiger partial charge >= 0.3 is 5.97 Å². The first-order valence-corrected chi connectivity index (χ1v) is 14.0. The first-order valence-electron chi connectivity index (χ1n) is 13.1. The molecule has 1 aliphatic rings. The Morgan fingerprint density at radius 3 is 2.36 bits per heavy atom. The zero-order chi connectivity index (χ0) is 28.9. The first-order chi connectivity index (χ1) is 18.3. The van der Waals surface area contributed by atoms with Gasteiger partial charge in [-0.05, 0) is 36.8 Å². The van der Waals surface area contributed by atoms with Gasteiger partial charge in [0.05, 0.1) is 28.2 Å². The minimum atomic E-state index is -0.994. The molecule has 1 saturated heterocycles. The zero-order valence-electron chi connectivity index (χ0n) is 23.1. The fourth-order valence-electron chi connectivity index (χ4n) is 4.65. The quantitative estimate of drug-likeness (QED) is 0.350. The average Bonchev–Trinajstić information content (AvgIpc) is 3.46. The fourth-order valence-corrected chi connectivity index (χ4v) is 5.46. The van der Waals surface area contributed by atoms with Gasteiger partial charge in [0.25, 0.3) is 0 Å². The summed E-state index contributed by atoms with van der Waals surface area (Å²) in [6.45, 7) is 9.20. The van der Waals surface area contributed by atoms with E-state index in [0.717, 1.165) is 21.7 Å². The lowest BCUT2D eigenvalue weighted by Gasteiger charge is -2.35. The molecular formula is C28H38N4O6S. The summed E-state index contributed by atoms with van der Waals surface area (Å²) in [5, 5.41) is 24.9. The van der Waals surface area contributed by atoms with E-state index in [2.05, 4.69) is 15.6 Å². The molecule has 10 nitrogen and oxygen atoms in total.